The molecular weight excluding hydrogens is 252 g/mol. The number of ether oxygens (including phenoxy) is 1. The molecule has 0 aromatic heterocycles. The zero-order valence-electron chi connectivity index (χ0n) is 12.0. The molecule has 0 radical (unpaired) electrons. The molecule has 4 heteroatoms. The lowest BCUT2D eigenvalue weighted by Gasteiger charge is -2.34. The summed E-state index contributed by atoms with van der Waals surface area (Å²) in [5.41, 5.74) is 3.05. The Balaban J connectivity index is 1.73. The summed E-state index contributed by atoms with van der Waals surface area (Å²) in [6, 6.07) is 5.96. The number of fused-ring (bicyclic) bond motifs is 1. The fourth-order valence-electron chi connectivity index (χ4n) is 2.91. The first-order valence-electron chi connectivity index (χ1n) is 7.43. The van der Waals surface area contributed by atoms with Crippen LogP contribution in [0.15, 0.2) is 18.2 Å². The molecule has 1 fully saturated rings. The lowest BCUT2D eigenvalue weighted by Crippen LogP contribution is -2.49. The molecule has 3 rings (SSSR count). The standard InChI is InChI=1S/C16H22N2O2/c1-16(6-9-20-10-7-16)18-15(19)13-4-5-14-12(11-13)3-2-8-17-14/h4-5,11,17H,2-3,6-10H2,1H3,(H,18,19). The maximum absolute atomic E-state index is 12.4. The number of carbonyl (C=O) groups excluding carboxylic acids is 1. The Kier molecular flexibility index (Phi) is 3.66. The molecule has 0 aliphatic carbocycles. The third-order valence-electron chi connectivity index (χ3n) is 4.32. The smallest absolute Gasteiger partial charge is 0.251 e. The Labute approximate surface area is 119 Å². The minimum atomic E-state index is -0.135. The predicted octanol–water partition coefficient (Wildman–Crippen LogP) is 2.34. The summed E-state index contributed by atoms with van der Waals surface area (Å²) >= 11 is 0. The number of aryl methyl sites for hydroxylation is 1. The zero-order chi connectivity index (χ0) is 14.0. The quantitative estimate of drug-likeness (QED) is 0.870. The van der Waals surface area contributed by atoms with Gasteiger partial charge in [0.25, 0.3) is 5.91 Å². The van der Waals surface area contributed by atoms with Crippen LogP contribution < -0.4 is 10.6 Å². The summed E-state index contributed by atoms with van der Waals surface area (Å²) in [6.45, 7) is 4.58. The van der Waals surface area contributed by atoms with Crippen molar-refractivity contribution >= 4 is 11.6 Å². The molecule has 1 saturated heterocycles. The average molecular weight is 274 g/mol. The van der Waals surface area contributed by atoms with E-state index in [1.165, 1.54) is 11.3 Å². The number of carbonyl (C=O) groups is 1. The van der Waals surface area contributed by atoms with E-state index in [1.54, 1.807) is 0 Å². The Bertz CT molecular complexity index is 507. The van der Waals surface area contributed by atoms with Gasteiger partial charge < -0.3 is 15.4 Å². The summed E-state index contributed by atoms with van der Waals surface area (Å²) in [4.78, 5) is 12.4. The second kappa shape index (κ2) is 5.44. The second-order valence-electron chi connectivity index (χ2n) is 6.03. The zero-order valence-corrected chi connectivity index (χ0v) is 12.0. The fourth-order valence-corrected chi connectivity index (χ4v) is 2.91. The largest absolute Gasteiger partial charge is 0.385 e. The molecule has 108 valence electrons. The predicted molar refractivity (Wildman–Crippen MR) is 79.2 cm³/mol. The molecule has 2 N–H and O–H groups in total. The van der Waals surface area contributed by atoms with Crippen LogP contribution in [-0.4, -0.2) is 31.2 Å². The van der Waals surface area contributed by atoms with E-state index in [0.29, 0.717) is 0 Å². The SMILES string of the molecule is CC1(NC(=O)c2ccc3c(c2)CCCN3)CCOCC1. The van der Waals surface area contributed by atoms with Crippen LogP contribution in [0.1, 0.15) is 42.1 Å². The van der Waals surface area contributed by atoms with Crippen molar-refractivity contribution in [2.45, 2.75) is 38.1 Å². The fraction of sp³-hybridized carbons (Fsp3) is 0.562. The van der Waals surface area contributed by atoms with Gasteiger partial charge in [-0.15, -0.1) is 0 Å². The van der Waals surface area contributed by atoms with Gasteiger partial charge in [-0.2, -0.15) is 0 Å². The summed E-state index contributed by atoms with van der Waals surface area (Å²) < 4.78 is 5.37. The molecule has 0 spiro atoms. The van der Waals surface area contributed by atoms with Crippen LogP contribution in [0.25, 0.3) is 0 Å². The van der Waals surface area contributed by atoms with Gasteiger partial charge in [-0.3, -0.25) is 4.79 Å². The lowest BCUT2D eigenvalue weighted by atomic mass is 9.92. The molecule has 1 amide bonds. The van der Waals surface area contributed by atoms with Crippen LogP contribution in [0.3, 0.4) is 0 Å². The topological polar surface area (TPSA) is 50.4 Å². The van der Waals surface area contributed by atoms with Crippen LogP contribution in [0.2, 0.25) is 0 Å². The van der Waals surface area contributed by atoms with Gasteiger partial charge in [0.05, 0.1) is 0 Å². The van der Waals surface area contributed by atoms with Gasteiger partial charge >= 0.3 is 0 Å². The van der Waals surface area contributed by atoms with Gasteiger partial charge in [0.15, 0.2) is 0 Å². The summed E-state index contributed by atoms with van der Waals surface area (Å²) in [6.07, 6.45) is 3.94. The summed E-state index contributed by atoms with van der Waals surface area (Å²) in [5, 5.41) is 6.55. The Hall–Kier alpha value is -1.55. The maximum atomic E-state index is 12.4. The van der Waals surface area contributed by atoms with Crippen molar-refractivity contribution in [2.75, 3.05) is 25.1 Å². The number of anilines is 1. The molecule has 0 saturated carbocycles. The number of amides is 1. The Morgan fingerprint density at radius 2 is 2.15 bits per heavy atom. The van der Waals surface area contributed by atoms with Crippen LogP contribution in [0.5, 0.6) is 0 Å². The van der Waals surface area contributed by atoms with Gasteiger partial charge in [-0.25, -0.2) is 0 Å². The van der Waals surface area contributed by atoms with Gasteiger partial charge in [0.2, 0.25) is 0 Å². The van der Waals surface area contributed by atoms with Crippen molar-refractivity contribution in [1.29, 1.82) is 0 Å². The van der Waals surface area contributed by atoms with E-state index in [2.05, 4.69) is 17.6 Å². The number of nitrogens with one attached hydrogen (secondary N) is 2. The van der Waals surface area contributed by atoms with E-state index < -0.39 is 0 Å². The third-order valence-corrected chi connectivity index (χ3v) is 4.32. The third kappa shape index (κ3) is 2.80. The number of rotatable bonds is 2. The van der Waals surface area contributed by atoms with Crippen LogP contribution in [0, 0.1) is 0 Å². The highest BCUT2D eigenvalue weighted by Gasteiger charge is 2.29. The number of benzene rings is 1. The van der Waals surface area contributed by atoms with Crippen molar-refractivity contribution in [1.82, 2.24) is 5.32 Å². The molecule has 4 nitrogen and oxygen atoms in total. The van der Waals surface area contributed by atoms with Crippen molar-refractivity contribution in [2.24, 2.45) is 0 Å². The highest BCUT2D eigenvalue weighted by Crippen LogP contribution is 2.24. The minimum Gasteiger partial charge on any atom is -0.385 e. The van der Waals surface area contributed by atoms with Crippen molar-refractivity contribution in [3.63, 3.8) is 0 Å². The number of hydrogen-bond acceptors (Lipinski definition) is 3. The lowest BCUT2D eigenvalue weighted by molar-refractivity contribution is 0.0423. The molecule has 2 heterocycles. The van der Waals surface area contributed by atoms with Crippen molar-refractivity contribution < 1.29 is 9.53 Å². The van der Waals surface area contributed by atoms with Crippen molar-refractivity contribution in [3.05, 3.63) is 29.3 Å². The van der Waals surface area contributed by atoms with E-state index in [0.717, 1.165) is 51.0 Å². The van der Waals surface area contributed by atoms with Crippen molar-refractivity contribution in [3.8, 4) is 0 Å². The highest BCUT2D eigenvalue weighted by molar-refractivity contribution is 5.95. The Morgan fingerprint density at radius 1 is 1.35 bits per heavy atom. The van der Waals surface area contributed by atoms with Crippen LogP contribution in [-0.2, 0) is 11.2 Å². The maximum Gasteiger partial charge on any atom is 0.251 e. The molecular formula is C16H22N2O2. The molecule has 0 atom stereocenters. The summed E-state index contributed by atoms with van der Waals surface area (Å²) in [5.74, 6) is 0.0303. The van der Waals surface area contributed by atoms with E-state index >= 15 is 0 Å². The molecule has 2 aliphatic heterocycles. The van der Waals surface area contributed by atoms with E-state index in [1.807, 2.05) is 18.2 Å². The first-order valence-corrected chi connectivity index (χ1v) is 7.43. The monoisotopic (exact) mass is 274 g/mol. The molecule has 1 aromatic rings. The van der Waals surface area contributed by atoms with Gasteiger partial charge in [0, 0.05) is 36.5 Å². The van der Waals surface area contributed by atoms with E-state index in [4.69, 9.17) is 4.74 Å². The van der Waals surface area contributed by atoms with E-state index in [-0.39, 0.29) is 11.4 Å². The normalized spacial score (nSPS) is 20.6. The van der Waals surface area contributed by atoms with Crippen LogP contribution >= 0.6 is 0 Å². The minimum absolute atomic E-state index is 0.0303. The van der Waals surface area contributed by atoms with E-state index in [9.17, 15) is 4.79 Å². The molecule has 0 unspecified atom stereocenters. The van der Waals surface area contributed by atoms with Gasteiger partial charge in [-0.05, 0) is 56.4 Å². The average Bonchev–Trinajstić information content (AvgIpc) is 2.47. The first-order chi connectivity index (χ1) is 9.66. The number of hydrogen-bond donors (Lipinski definition) is 2. The van der Waals surface area contributed by atoms with Crippen LogP contribution in [0.4, 0.5) is 5.69 Å². The molecule has 0 bridgehead atoms. The second-order valence-corrected chi connectivity index (χ2v) is 6.03. The van der Waals surface area contributed by atoms with Gasteiger partial charge in [0.1, 0.15) is 0 Å². The molecule has 1 aromatic carbocycles. The molecule has 2 aliphatic rings. The summed E-state index contributed by atoms with van der Waals surface area (Å²) in [7, 11) is 0. The Morgan fingerprint density at radius 3 is 2.95 bits per heavy atom. The molecule has 20 heavy (non-hydrogen) atoms. The first kappa shape index (κ1) is 13.4. The highest BCUT2D eigenvalue weighted by atomic mass is 16.5. The van der Waals surface area contributed by atoms with Gasteiger partial charge in [-0.1, -0.05) is 0 Å².